The number of nitrogens with zero attached hydrogens (tertiary/aromatic N) is 1. The second-order valence-electron chi connectivity index (χ2n) is 5.41. The molecule has 0 unspecified atom stereocenters. The Labute approximate surface area is 151 Å². The van der Waals surface area contributed by atoms with Gasteiger partial charge in [0, 0.05) is 17.5 Å². The van der Waals surface area contributed by atoms with Crippen molar-refractivity contribution in [3.63, 3.8) is 0 Å². The second kappa shape index (κ2) is 8.35. The minimum absolute atomic E-state index is 0.118. The molecule has 0 saturated carbocycles. The Morgan fingerprint density at radius 1 is 1.19 bits per heavy atom. The average Bonchev–Trinajstić information content (AvgIpc) is 2.63. The third-order valence-electron chi connectivity index (χ3n) is 3.52. The Balaban J connectivity index is 2.13. The summed E-state index contributed by atoms with van der Waals surface area (Å²) in [6, 6.07) is 13.5. The van der Waals surface area contributed by atoms with E-state index >= 15 is 0 Å². The molecule has 2 aromatic rings. The van der Waals surface area contributed by atoms with Gasteiger partial charge in [0.15, 0.2) is 0 Å². The zero-order chi connectivity index (χ0) is 19.1. The van der Waals surface area contributed by atoms with Crippen LogP contribution in [0.4, 0.5) is 11.4 Å². The first-order chi connectivity index (χ1) is 12.4. The lowest BCUT2D eigenvalue weighted by Crippen LogP contribution is -2.15. The number of nitrogens with one attached hydrogen (secondary N) is 2. The largest absolute Gasteiger partial charge is 0.495 e. The van der Waals surface area contributed by atoms with Crippen LogP contribution >= 0.6 is 0 Å². The number of primary amides is 1. The molecular weight excluding hydrogens is 332 g/mol. The molecule has 132 valence electrons. The number of nitriles is 1. The summed E-state index contributed by atoms with van der Waals surface area (Å²) < 4.78 is 5.20. The molecule has 2 aromatic carbocycles. The molecule has 0 atom stereocenters. The highest BCUT2D eigenvalue weighted by atomic mass is 16.5. The smallest absolute Gasteiger partial charge is 0.267 e. The zero-order valence-corrected chi connectivity index (χ0v) is 14.4. The standard InChI is InChI=1S/C19H18N4O3/c1-12-3-8-17(26-2)16(9-12)23-19(25)14(10-20)11-22-15-6-4-13(5-7-15)18(21)24/h3-9,11,22H,1-2H3,(H2,21,24)(H,23,25)/b14-11-. The van der Waals surface area contributed by atoms with Crippen LogP contribution in [0.1, 0.15) is 15.9 Å². The van der Waals surface area contributed by atoms with Gasteiger partial charge in [-0.1, -0.05) is 6.07 Å². The van der Waals surface area contributed by atoms with Gasteiger partial charge in [0.25, 0.3) is 5.91 Å². The molecule has 4 N–H and O–H groups in total. The summed E-state index contributed by atoms with van der Waals surface area (Å²) in [5.41, 5.74) is 7.44. The highest BCUT2D eigenvalue weighted by Gasteiger charge is 2.12. The lowest BCUT2D eigenvalue weighted by molar-refractivity contribution is -0.112. The molecule has 0 radical (unpaired) electrons. The summed E-state index contributed by atoms with van der Waals surface area (Å²) in [5, 5.41) is 14.7. The Morgan fingerprint density at radius 3 is 2.46 bits per heavy atom. The second-order valence-corrected chi connectivity index (χ2v) is 5.41. The van der Waals surface area contributed by atoms with Crippen molar-refractivity contribution in [2.24, 2.45) is 5.73 Å². The van der Waals surface area contributed by atoms with Gasteiger partial charge in [-0.05, 0) is 48.9 Å². The summed E-state index contributed by atoms with van der Waals surface area (Å²) in [6.45, 7) is 1.88. The van der Waals surface area contributed by atoms with E-state index in [2.05, 4.69) is 10.6 Å². The molecule has 0 aliphatic rings. The number of anilines is 2. The Bertz CT molecular complexity index is 896. The first-order valence-corrected chi connectivity index (χ1v) is 7.67. The lowest BCUT2D eigenvalue weighted by atomic mass is 10.2. The number of nitrogens with two attached hydrogens (primary N) is 1. The lowest BCUT2D eigenvalue weighted by Gasteiger charge is -2.10. The van der Waals surface area contributed by atoms with Gasteiger partial charge < -0.3 is 21.1 Å². The quantitative estimate of drug-likeness (QED) is 0.547. The molecule has 0 aromatic heterocycles. The van der Waals surface area contributed by atoms with Crippen LogP contribution in [-0.2, 0) is 4.79 Å². The van der Waals surface area contributed by atoms with Gasteiger partial charge in [-0.15, -0.1) is 0 Å². The maximum atomic E-state index is 12.3. The van der Waals surface area contributed by atoms with Crippen LogP contribution in [0.5, 0.6) is 5.75 Å². The Morgan fingerprint density at radius 2 is 1.88 bits per heavy atom. The summed E-state index contributed by atoms with van der Waals surface area (Å²) in [7, 11) is 1.50. The predicted molar refractivity (Wildman–Crippen MR) is 98.6 cm³/mol. The first kappa shape index (κ1) is 18.5. The van der Waals surface area contributed by atoms with Crippen LogP contribution < -0.4 is 21.1 Å². The van der Waals surface area contributed by atoms with Gasteiger partial charge >= 0.3 is 0 Å². The van der Waals surface area contributed by atoms with E-state index in [9.17, 15) is 14.9 Å². The van der Waals surface area contributed by atoms with Gasteiger partial charge in [0.1, 0.15) is 17.4 Å². The van der Waals surface area contributed by atoms with Crippen molar-refractivity contribution < 1.29 is 14.3 Å². The highest BCUT2D eigenvalue weighted by Crippen LogP contribution is 2.25. The van der Waals surface area contributed by atoms with Crippen molar-refractivity contribution >= 4 is 23.2 Å². The van der Waals surface area contributed by atoms with Crippen molar-refractivity contribution in [3.8, 4) is 11.8 Å². The molecule has 0 bridgehead atoms. The minimum atomic E-state index is -0.572. The number of methoxy groups -OCH3 is 1. The first-order valence-electron chi connectivity index (χ1n) is 7.67. The summed E-state index contributed by atoms with van der Waals surface area (Å²) in [6.07, 6.45) is 1.29. The fourth-order valence-corrected chi connectivity index (χ4v) is 2.14. The number of carbonyl (C=O) groups excluding carboxylic acids is 2. The minimum Gasteiger partial charge on any atom is -0.495 e. The van der Waals surface area contributed by atoms with Gasteiger partial charge in [-0.25, -0.2) is 0 Å². The zero-order valence-electron chi connectivity index (χ0n) is 14.4. The number of amides is 2. The molecule has 0 saturated heterocycles. The van der Waals surface area contributed by atoms with Crippen LogP contribution in [0.2, 0.25) is 0 Å². The number of aryl methyl sites for hydroxylation is 1. The molecule has 0 heterocycles. The summed E-state index contributed by atoms with van der Waals surface area (Å²) in [5.74, 6) is -0.606. The van der Waals surface area contributed by atoms with Crippen molar-refractivity contribution in [2.45, 2.75) is 6.92 Å². The van der Waals surface area contributed by atoms with E-state index in [0.29, 0.717) is 22.7 Å². The summed E-state index contributed by atoms with van der Waals surface area (Å²) in [4.78, 5) is 23.4. The van der Waals surface area contributed by atoms with E-state index in [1.165, 1.54) is 13.3 Å². The number of ether oxygens (including phenoxy) is 1. The van der Waals surface area contributed by atoms with Crippen LogP contribution in [0.15, 0.2) is 54.2 Å². The molecule has 0 spiro atoms. The van der Waals surface area contributed by atoms with Gasteiger partial charge in [-0.2, -0.15) is 5.26 Å². The Hall–Kier alpha value is -3.79. The molecule has 0 fully saturated rings. The third-order valence-corrected chi connectivity index (χ3v) is 3.52. The van der Waals surface area contributed by atoms with Gasteiger partial charge in [0.05, 0.1) is 12.8 Å². The maximum absolute atomic E-state index is 12.3. The highest BCUT2D eigenvalue weighted by molar-refractivity contribution is 6.07. The van der Waals surface area contributed by atoms with Gasteiger partial charge in [0.2, 0.25) is 5.91 Å². The topological polar surface area (TPSA) is 117 Å². The number of rotatable bonds is 6. The monoisotopic (exact) mass is 350 g/mol. The third kappa shape index (κ3) is 4.61. The van der Waals surface area contributed by atoms with Crippen molar-refractivity contribution in [2.75, 3.05) is 17.7 Å². The van der Waals surface area contributed by atoms with Crippen LogP contribution in [0.3, 0.4) is 0 Å². The molecule has 2 amide bonds. The van der Waals surface area contributed by atoms with Crippen molar-refractivity contribution in [3.05, 3.63) is 65.4 Å². The SMILES string of the molecule is COc1ccc(C)cc1NC(=O)/C(C#N)=C\Nc1ccc(C(N)=O)cc1. The number of benzene rings is 2. The average molecular weight is 350 g/mol. The van der Waals surface area contributed by atoms with E-state index in [1.54, 1.807) is 36.4 Å². The molecule has 2 rings (SSSR count). The van der Waals surface area contributed by atoms with E-state index in [1.807, 2.05) is 19.1 Å². The fourth-order valence-electron chi connectivity index (χ4n) is 2.14. The maximum Gasteiger partial charge on any atom is 0.267 e. The van der Waals surface area contributed by atoms with E-state index in [0.717, 1.165) is 5.56 Å². The van der Waals surface area contributed by atoms with Crippen LogP contribution in [0, 0.1) is 18.3 Å². The van der Waals surface area contributed by atoms with E-state index in [-0.39, 0.29) is 5.57 Å². The number of hydrogen-bond donors (Lipinski definition) is 3. The molecule has 7 nitrogen and oxygen atoms in total. The molecule has 0 aliphatic carbocycles. The number of hydrogen-bond acceptors (Lipinski definition) is 5. The summed E-state index contributed by atoms with van der Waals surface area (Å²) >= 11 is 0. The molecule has 0 aliphatic heterocycles. The van der Waals surface area contributed by atoms with Crippen molar-refractivity contribution in [1.82, 2.24) is 0 Å². The molecule has 26 heavy (non-hydrogen) atoms. The number of carbonyl (C=O) groups is 2. The van der Waals surface area contributed by atoms with Crippen LogP contribution in [0.25, 0.3) is 0 Å². The predicted octanol–water partition coefficient (Wildman–Crippen LogP) is 2.56. The van der Waals surface area contributed by atoms with Crippen molar-refractivity contribution in [1.29, 1.82) is 5.26 Å². The fraction of sp³-hybridized carbons (Fsp3) is 0.105. The van der Waals surface area contributed by atoms with E-state index in [4.69, 9.17) is 10.5 Å². The van der Waals surface area contributed by atoms with Gasteiger partial charge in [-0.3, -0.25) is 9.59 Å². The Kier molecular flexibility index (Phi) is 5.96. The molecular formula is C19H18N4O3. The van der Waals surface area contributed by atoms with E-state index < -0.39 is 11.8 Å². The molecule has 7 heteroatoms. The van der Waals surface area contributed by atoms with Crippen LogP contribution in [-0.4, -0.2) is 18.9 Å². The normalized spacial score (nSPS) is 10.6.